The molecule has 134 valence electrons. The first-order chi connectivity index (χ1) is 13.2. The van der Waals surface area contributed by atoms with Gasteiger partial charge in [-0.25, -0.2) is 9.48 Å². The third kappa shape index (κ3) is 3.45. The number of nitrogens with zero attached hydrogens (tertiary/aromatic N) is 5. The molecule has 0 aliphatic carbocycles. The lowest BCUT2D eigenvalue weighted by atomic mass is 10.0. The maximum atomic E-state index is 12.6. The van der Waals surface area contributed by atoms with Gasteiger partial charge in [-0.05, 0) is 0 Å². The predicted molar refractivity (Wildman–Crippen MR) is 100 cm³/mol. The predicted octanol–water partition coefficient (Wildman–Crippen LogP) is 2.45. The summed E-state index contributed by atoms with van der Waals surface area (Å²) in [6.07, 6.45) is 0. The van der Waals surface area contributed by atoms with E-state index in [0.717, 1.165) is 11.1 Å². The third-order valence-corrected chi connectivity index (χ3v) is 3.93. The van der Waals surface area contributed by atoms with E-state index in [4.69, 9.17) is 4.42 Å². The van der Waals surface area contributed by atoms with Crippen molar-refractivity contribution >= 4 is 6.01 Å². The first-order valence-electron chi connectivity index (χ1n) is 8.35. The second-order valence-corrected chi connectivity index (χ2v) is 5.73. The molecule has 4 aromatic rings. The molecule has 0 unspecified atom stereocenters. The van der Waals surface area contributed by atoms with Crippen molar-refractivity contribution < 1.29 is 4.42 Å². The van der Waals surface area contributed by atoms with E-state index in [-0.39, 0.29) is 18.5 Å². The van der Waals surface area contributed by atoms with Crippen LogP contribution >= 0.6 is 0 Å². The van der Waals surface area contributed by atoms with E-state index in [1.54, 1.807) is 7.05 Å². The number of hydrogen-bond donors (Lipinski definition) is 1. The first kappa shape index (κ1) is 16.6. The first-order valence-corrected chi connectivity index (χ1v) is 8.35. The van der Waals surface area contributed by atoms with Crippen molar-refractivity contribution in [2.75, 3.05) is 12.4 Å². The Morgan fingerprint density at radius 3 is 2.15 bits per heavy atom. The molecule has 0 aliphatic heterocycles. The minimum atomic E-state index is -0.488. The lowest BCUT2D eigenvalue weighted by Gasteiger charge is -2.10. The number of anilines is 1. The zero-order chi connectivity index (χ0) is 18.6. The maximum absolute atomic E-state index is 12.6. The van der Waals surface area contributed by atoms with Gasteiger partial charge >= 0.3 is 11.7 Å². The minimum absolute atomic E-state index is 0.0371. The van der Waals surface area contributed by atoms with Crippen LogP contribution in [0.3, 0.4) is 0 Å². The van der Waals surface area contributed by atoms with Crippen LogP contribution in [0, 0.1) is 0 Å². The maximum Gasteiger partial charge on any atom is 0.365 e. The highest BCUT2D eigenvalue weighted by Gasteiger charge is 2.16. The van der Waals surface area contributed by atoms with Gasteiger partial charge in [0.05, 0.1) is 0 Å². The number of hydrogen-bond acceptors (Lipinski definition) is 7. The van der Waals surface area contributed by atoms with Gasteiger partial charge in [0.1, 0.15) is 17.9 Å². The fourth-order valence-electron chi connectivity index (χ4n) is 2.65. The second-order valence-electron chi connectivity index (χ2n) is 5.73. The smallest absolute Gasteiger partial charge is 0.365 e. The van der Waals surface area contributed by atoms with Gasteiger partial charge in [-0.2, -0.15) is 10.1 Å². The molecule has 0 spiro atoms. The van der Waals surface area contributed by atoms with Crippen LogP contribution in [0.2, 0.25) is 0 Å². The summed E-state index contributed by atoms with van der Waals surface area (Å²) < 4.78 is 6.62. The SMILES string of the molecule is CNc1nnc(Cn2nc(-c3ccccc3)c(-c3ccccc3)nc2=O)o1. The van der Waals surface area contributed by atoms with Gasteiger partial charge < -0.3 is 9.73 Å². The average molecular weight is 360 g/mol. The fraction of sp³-hybridized carbons (Fsp3) is 0.105. The zero-order valence-electron chi connectivity index (χ0n) is 14.5. The Kier molecular flexibility index (Phi) is 4.44. The fourth-order valence-corrected chi connectivity index (χ4v) is 2.65. The molecule has 0 fully saturated rings. The van der Waals surface area contributed by atoms with Crippen molar-refractivity contribution in [3.63, 3.8) is 0 Å². The topological polar surface area (TPSA) is 98.7 Å². The molecule has 8 heteroatoms. The van der Waals surface area contributed by atoms with Crippen molar-refractivity contribution in [1.82, 2.24) is 25.0 Å². The minimum Gasteiger partial charge on any atom is -0.406 e. The number of nitrogens with one attached hydrogen (secondary N) is 1. The summed E-state index contributed by atoms with van der Waals surface area (Å²) in [5, 5.41) is 15.0. The average Bonchev–Trinajstić information content (AvgIpc) is 3.18. The molecule has 0 saturated heterocycles. The largest absolute Gasteiger partial charge is 0.406 e. The molecule has 0 amide bonds. The molecule has 4 rings (SSSR count). The highest BCUT2D eigenvalue weighted by Crippen LogP contribution is 2.27. The quantitative estimate of drug-likeness (QED) is 0.583. The van der Waals surface area contributed by atoms with Crippen molar-refractivity contribution in [3.05, 3.63) is 77.0 Å². The van der Waals surface area contributed by atoms with Crippen molar-refractivity contribution in [3.8, 4) is 22.5 Å². The summed E-state index contributed by atoms with van der Waals surface area (Å²) in [4.78, 5) is 16.8. The van der Waals surface area contributed by atoms with Crippen LogP contribution in [-0.4, -0.2) is 32.0 Å². The van der Waals surface area contributed by atoms with Gasteiger partial charge in [0.25, 0.3) is 0 Å². The lowest BCUT2D eigenvalue weighted by molar-refractivity contribution is 0.463. The highest BCUT2D eigenvalue weighted by molar-refractivity contribution is 5.77. The summed E-state index contributed by atoms with van der Waals surface area (Å²) >= 11 is 0. The van der Waals surface area contributed by atoms with E-state index in [2.05, 4.69) is 25.6 Å². The second kappa shape index (κ2) is 7.20. The van der Waals surface area contributed by atoms with Crippen LogP contribution in [0.25, 0.3) is 22.5 Å². The van der Waals surface area contributed by atoms with Crippen molar-refractivity contribution in [2.24, 2.45) is 0 Å². The Labute approximate surface area is 154 Å². The molecule has 2 aromatic carbocycles. The van der Waals surface area contributed by atoms with E-state index in [9.17, 15) is 4.79 Å². The van der Waals surface area contributed by atoms with E-state index < -0.39 is 5.69 Å². The molecule has 0 bridgehead atoms. The van der Waals surface area contributed by atoms with E-state index in [0.29, 0.717) is 11.4 Å². The van der Waals surface area contributed by atoms with E-state index in [1.807, 2.05) is 60.7 Å². The molecule has 0 radical (unpaired) electrons. The Morgan fingerprint density at radius 2 is 1.56 bits per heavy atom. The van der Waals surface area contributed by atoms with Crippen LogP contribution < -0.4 is 11.0 Å². The van der Waals surface area contributed by atoms with E-state index >= 15 is 0 Å². The molecule has 27 heavy (non-hydrogen) atoms. The summed E-state index contributed by atoms with van der Waals surface area (Å²) in [7, 11) is 1.67. The molecular formula is C19H16N6O2. The number of benzene rings is 2. The molecule has 8 nitrogen and oxygen atoms in total. The Bertz CT molecular complexity index is 1110. The molecule has 0 saturated carbocycles. The van der Waals surface area contributed by atoms with Crippen molar-refractivity contribution in [2.45, 2.75) is 6.54 Å². The van der Waals surface area contributed by atoms with Crippen molar-refractivity contribution in [1.29, 1.82) is 0 Å². The Morgan fingerprint density at radius 1 is 0.926 bits per heavy atom. The highest BCUT2D eigenvalue weighted by atomic mass is 16.4. The molecule has 1 N–H and O–H groups in total. The van der Waals surface area contributed by atoms with Gasteiger partial charge in [0.15, 0.2) is 0 Å². The molecule has 0 atom stereocenters. The summed E-state index contributed by atoms with van der Waals surface area (Å²) in [6, 6.07) is 19.4. The normalized spacial score (nSPS) is 10.7. The van der Waals surface area contributed by atoms with Crippen LogP contribution in [0.4, 0.5) is 6.01 Å². The van der Waals surface area contributed by atoms with Gasteiger partial charge in [0.2, 0.25) is 5.89 Å². The molecule has 0 aliphatic rings. The third-order valence-electron chi connectivity index (χ3n) is 3.93. The zero-order valence-corrected chi connectivity index (χ0v) is 14.5. The van der Waals surface area contributed by atoms with Crippen LogP contribution in [0.15, 0.2) is 69.9 Å². The summed E-state index contributed by atoms with van der Waals surface area (Å²) in [6.45, 7) is 0.0371. The van der Waals surface area contributed by atoms with E-state index in [1.165, 1.54) is 4.68 Å². The summed E-state index contributed by atoms with van der Waals surface area (Å²) in [5.41, 5.74) is 2.33. The Hall–Kier alpha value is -3.81. The Balaban J connectivity index is 1.84. The van der Waals surface area contributed by atoms with Gasteiger partial charge in [-0.15, -0.1) is 5.10 Å². The molecule has 2 aromatic heterocycles. The van der Waals surface area contributed by atoms with Crippen LogP contribution in [0.1, 0.15) is 5.89 Å². The molecular weight excluding hydrogens is 344 g/mol. The summed E-state index contributed by atoms with van der Waals surface area (Å²) in [5.74, 6) is 0.266. The lowest BCUT2D eigenvalue weighted by Crippen LogP contribution is -2.27. The number of rotatable bonds is 5. The standard InChI is InChI=1S/C19H16N6O2/c1-20-18-23-22-15(27-18)12-25-19(26)21-16(13-8-4-2-5-9-13)17(24-25)14-10-6-3-7-11-14/h2-11H,12H2,1H3,(H,20,23). The molecule has 2 heterocycles. The van der Waals surface area contributed by atoms with Gasteiger partial charge in [0, 0.05) is 18.2 Å². The monoisotopic (exact) mass is 360 g/mol. The number of aromatic nitrogens is 5. The van der Waals surface area contributed by atoms with Crippen LogP contribution in [0.5, 0.6) is 0 Å². The van der Waals surface area contributed by atoms with Gasteiger partial charge in [-0.1, -0.05) is 65.8 Å². The van der Waals surface area contributed by atoms with Crippen LogP contribution in [-0.2, 0) is 6.54 Å². The van der Waals surface area contributed by atoms with Gasteiger partial charge in [-0.3, -0.25) is 0 Å².